The molecule has 16 heavy (non-hydrogen) atoms. The van der Waals surface area contributed by atoms with Crippen molar-refractivity contribution in [1.82, 2.24) is 0 Å². The molecule has 0 saturated heterocycles. The van der Waals surface area contributed by atoms with Gasteiger partial charge < -0.3 is 14.6 Å². The third-order valence-electron chi connectivity index (χ3n) is 2.96. The molecule has 0 saturated carbocycles. The van der Waals surface area contributed by atoms with Crippen LogP contribution in [-0.2, 0) is 11.2 Å². The topological polar surface area (TPSA) is 38.7 Å². The number of aliphatic hydroxyl groups is 1. The van der Waals surface area contributed by atoms with Crippen molar-refractivity contribution >= 4 is 0 Å². The van der Waals surface area contributed by atoms with E-state index in [9.17, 15) is 5.11 Å². The molecule has 1 aromatic carbocycles. The van der Waals surface area contributed by atoms with Crippen LogP contribution < -0.4 is 4.74 Å². The second kappa shape index (κ2) is 5.32. The SMILES string of the molecule is COCCOc1ccc2c(c1)[C@H](O)CCC2. The molecule has 1 aliphatic rings. The van der Waals surface area contributed by atoms with E-state index in [2.05, 4.69) is 6.07 Å². The van der Waals surface area contributed by atoms with Crippen molar-refractivity contribution in [3.8, 4) is 5.75 Å². The van der Waals surface area contributed by atoms with E-state index in [1.165, 1.54) is 5.56 Å². The zero-order chi connectivity index (χ0) is 11.4. The molecule has 0 spiro atoms. The van der Waals surface area contributed by atoms with Crippen LogP contribution in [0.25, 0.3) is 0 Å². The summed E-state index contributed by atoms with van der Waals surface area (Å²) in [7, 11) is 1.65. The van der Waals surface area contributed by atoms with Gasteiger partial charge in [-0.1, -0.05) is 6.07 Å². The predicted octanol–water partition coefficient (Wildman–Crippen LogP) is 2.08. The molecule has 0 aromatic heterocycles. The molecule has 3 heteroatoms. The van der Waals surface area contributed by atoms with E-state index in [4.69, 9.17) is 9.47 Å². The number of methoxy groups -OCH3 is 1. The van der Waals surface area contributed by atoms with Gasteiger partial charge in [0.25, 0.3) is 0 Å². The van der Waals surface area contributed by atoms with Gasteiger partial charge in [0.1, 0.15) is 12.4 Å². The molecular weight excluding hydrogens is 204 g/mol. The van der Waals surface area contributed by atoms with Gasteiger partial charge in [0.2, 0.25) is 0 Å². The van der Waals surface area contributed by atoms with Crippen LogP contribution in [0.5, 0.6) is 5.75 Å². The van der Waals surface area contributed by atoms with Crippen LogP contribution in [0.15, 0.2) is 18.2 Å². The largest absolute Gasteiger partial charge is 0.491 e. The molecule has 1 aliphatic carbocycles. The second-order valence-corrected chi connectivity index (χ2v) is 4.11. The van der Waals surface area contributed by atoms with E-state index in [1.54, 1.807) is 7.11 Å². The van der Waals surface area contributed by atoms with Crippen LogP contribution in [0.1, 0.15) is 30.1 Å². The molecule has 0 unspecified atom stereocenters. The predicted molar refractivity (Wildman–Crippen MR) is 61.7 cm³/mol. The van der Waals surface area contributed by atoms with Crippen LogP contribution in [0.4, 0.5) is 0 Å². The quantitative estimate of drug-likeness (QED) is 0.793. The molecule has 0 heterocycles. The van der Waals surface area contributed by atoms with Gasteiger partial charge in [-0.2, -0.15) is 0 Å². The summed E-state index contributed by atoms with van der Waals surface area (Å²) in [5, 5.41) is 9.88. The van der Waals surface area contributed by atoms with Crippen molar-refractivity contribution in [2.75, 3.05) is 20.3 Å². The maximum atomic E-state index is 9.88. The highest BCUT2D eigenvalue weighted by molar-refractivity contribution is 5.38. The Hall–Kier alpha value is -1.06. The number of rotatable bonds is 4. The minimum Gasteiger partial charge on any atom is -0.491 e. The number of hydrogen-bond acceptors (Lipinski definition) is 3. The van der Waals surface area contributed by atoms with Gasteiger partial charge in [0, 0.05) is 7.11 Å². The molecular formula is C13H18O3. The number of ether oxygens (including phenoxy) is 2. The lowest BCUT2D eigenvalue weighted by Gasteiger charge is -2.21. The number of fused-ring (bicyclic) bond motifs is 1. The van der Waals surface area contributed by atoms with Crippen molar-refractivity contribution in [3.63, 3.8) is 0 Å². The zero-order valence-electron chi connectivity index (χ0n) is 9.61. The Morgan fingerprint density at radius 2 is 2.25 bits per heavy atom. The molecule has 0 fully saturated rings. The standard InChI is InChI=1S/C13H18O3/c1-15-7-8-16-11-6-5-10-3-2-4-13(14)12(10)9-11/h5-6,9,13-14H,2-4,7-8H2,1H3/t13-/m1/s1. The fraction of sp³-hybridized carbons (Fsp3) is 0.538. The van der Waals surface area contributed by atoms with E-state index in [0.717, 1.165) is 30.6 Å². The smallest absolute Gasteiger partial charge is 0.119 e. The minimum atomic E-state index is -0.324. The molecule has 88 valence electrons. The normalized spacial score (nSPS) is 19.2. The monoisotopic (exact) mass is 222 g/mol. The lowest BCUT2D eigenvalue weighted by Crippen LogP contribution is -2.10. The van der Waals surface area contributed by atoms with Crippen molar-refractivity contribution < 1.29 is 14.6 Å². The Labute approximate surface area is 96.0 Å². The van der Waals surface area contributed by atoms with Crippen LogP contribution >= 0.6 is 0 Å². The van der Waals surface area contributed by atoms with Crippen LogP contribution in [0, 0.1) is 0 Å². The summed E-state index contributed by atoms with van der Waals surface area (Å²) >= 11 is 0. The number of aliphatic hydroxyl groups excluding tert-OH is 1. The van der Waals surface area contributed by atoms with E-state index in [-0.39, 0.29) is 6.10 Å². The molecule has 0 radical (unpaired) electrons. The summed E-state index contributed by atoms with van der Waals surface area (Å²) in [6.07, 6.45) is 2.66. The van der Waals surface area contributed by atoms with Crippen LogP contribution in [0.3, 0.4) is 0 Å². The van der Waals surface area contributed by atoms with E-state index >= 15 is 0 Å². The Balaban J connectivity index is 2.08. The maximum Gasteiger partial charge on any atom is 0.119 e. The fourth-order valence-electron chi connectivity index (χ4n) is 2.08. The highest BCUT2D eigenvalue weighted by Gasteiger charge is 2.18. The van der Waals surface area contributed by atoms with Crippen molar-refractivity contribution in [3.05, 3.63) is 29.3 Å². The molecule has 1 N–H and O–H groups in total. The Morgan fingerprint density at radius 3 is 3.06 bits per heavy atom. The van der Waals surface area contributed by atoms with Gasteiger partial charge in [-0.05, 0) is 42.5 Å². The highest BCUT2D eigenvalue weighted by Crippen LogP contribution is 2.32. The first-order valence-corrected chi connectivity index (χ1v) is 5.74. The first-order chi connectivity index (χ1) is 7.81. The Morgan fingerprint density at radius 1 is 1.38 bits per heavy atom. The number of hydrogen-bond donors (Lipinski definition) is 1. The molecule has 2 rings (SSSR count). The van der Waals surface area contributed by atoms with Gasteiger partial charge in [0.05, 0.1) is 12.7 Å². The van der Waals surface area contributed by atoms with Crippen LogP contribution in [-0.4, -0.2) is 25.4 Å². The summed E-state index contributed by atoms with van der Waals surface area (Å²) in [5.74, 6) is 0.816. The summed E-state index contributed by atoms with van der Waals surface area (Å²) in [6.45, 7) is 1.13. The van der Waals surface area contributed by atoms with E-state index < -0.39 is 0 Å². The molecule has 0 amide bonds. The van der Waals surface area contributed by atoms with E-state index in [1.807, 2.05) is 12.1 Å². The second-order valence-electron chi connectivity index (χ2n) is 4.11. The molecule has 1 atom stereocenters. The maximum absolute atomic E-state index is 9.88. The Bertz CT molecular complexity index is 349. The summed E-state index contributed by atoms with van der Waals surface area (Å²) < 4.78 is 10.4. The average molecular weight is 222 g/mol. The van der Waals surface area contributed by atoms with Gasteiger partial charge in [0.15, 0.2) is 0 Å². The summed E-state index contributed by atoms with van der Waals surface area (Å²) in [5.41, 5.74) is 2.28. The van der Waals surface area contributed by atoms with Crippen molar-refractivity contribution in [1.29, 1.82) is 0 Å². The third kappa shape index (κ3) is 2.54. The van der Waals surface area contributed by atoms with Crippen molar-refractivity contribution in [2.24, 2.45) is 0 Å². The summed E-state index contributed by atoms with van der Waals surface area (Å²) in [6, 6.07) is 5.97. The Kier molecular flexibility index (Phi) is 3.80. The number of benzene rings is 1. The summed E-state index contributed by atoms with van der Waals surface area (Å²) in [4.78, 5) is 0. The lowest BCUT2D eigenvalue weighted by molar-refractivity contribution is 0.144. The van der Waals surface area contributed by atoms with Crippen molar-refractivity contribution in [2.45, 2.75) is 25.4 Å². The molecule has 1 aromatic rings. The third-order valence-corrected chi connectivity index (χ3v) is 2.96. The number of aryl methyl sites for hydroxylation is 1. The first-order valence-electron chi connectivity index (χ1n) is 5.74. The highest BCUT2D eigenvalue weighted by atomic mass is 16.5. The van der Waals surface area contributed by atoms with Crippen LogP contribution in [0.2, 0.25) is 0 Å². The average Bonchev–Trinajstić information content (AvgIpc) is 2.30. The van der Waals surface area contributed by atoms with Gasteiger partial charge >= 0.3 is 0 Å². The zero-order valence-corrected chi connectivity index (χ0v) is 9.61. The lowest BCUT2D eigenvalue weighted by atomic mass is 9.89. The van der Waals surface area contributed by atoms with Gasteiger partial charge in [-0.25, -0.2) is 0 Å². The first kappa shape index (κ1) is 11.4. The molecule has 0 bridgehead atoms. The minimum absolute atomic E-state index is 0.324. The van der Waals surface area contributed by atoms with E-state index in [0.29, 0.717) is 13.2 Å². The van der Waals surface area contributed by atoms with Gasteiger partial charge in [-0.15, -0.1) is 0 Å². The fourth-order valence-corrected chi connectivity index (χ4v) is 2.08. The molecule has 3 nitrogen and oxygen atoms in total. The van der Waals surface area contributed by atoms with Gasteiger partial charge in [-0.3, -0.25) is 0 Å². The molecule has 0 aliphatic heterocycles.